The minimum Gasteiger partial charge on any atom is -0.356 e. The highest BCUT2D eigenvalue weighted by Gasteiger charge is 2.20. The fourth-order valence-corrected chi connectivity index (χ4v) is 1.91. The summed E-state index contributed by atoms with van der Waals surface area (Å²) in [5, 5.41) is 6.35. The van der Waals surface area contributed by atoms with E-state index in [1.54, 1.807) is 6.07 Å². The molecule has 0 aliphatic carbocycles. The van der Waals surface area contributed by atoms with Gasteiger partial charge in [-0.1, -0.05) is 13.8 Å². The molecule has 0 radical (unpaired) electrons. The van der Waals surface area contributed by atoms with Crippen molar-refractivity contribution < 1.29 is 0 Å². The number of aromatic nitrogens is 4. The summed E-state index contributed by atoms with van der Waals surface area (Å²) in [6, 6.07) is 1.80. The summed E-state index contributed by atoms with van der Waals surface area (Å²) < 4.78 is 1.38. The third kappa shape index (κ3) is 2.76. The molecule has 0 saturated heterocycles. The molecule has 2 rings (SSSR count). The molecule has 2 heterocycles. The van der Waals surface area contributed by atoms with E-state index in [4.69, 9.17) is 5.73 Å². The van der Waals surface area contributed by atoms with Gasteiger partial charge < -0.3 is 10.6 Å². The van der Waals surface area contributed by atoms with Crippen LogP contribution in [-0.4, -0.2) is 39.2 Å². The summed E-state index contributed by atoms with van der Waals surface area (Å²) in [5.41, 5.74) is 6.07. The lowest BCUT2D eigenvalue weighted by Crippen LogP contribution is -2.39. The Hall–Kier alpha value is -1.89. The Morgan fingerprint density at radius 3 is 2.89 bits per heavy atom. The van der Waals surface area contributed by atoms with E-state index < -0.39 is 0 Å². The largest absolute Gasteiger partial charge is 0.356 e. The van der Waals surface area contributed by atoms with Crippen LogP contribution in [0.4, 0.5) is 5.82 Å². The Balaban J connectivity index is 2.33. The van der Waals surface area contributed by atoms with Crippen molar-refractivity contribution in [2.75, 3.05) is 24.5 Å². The van der Waals surface area contributed by atoms with E-state index in [1.165, 1.54) is 10.7 Å². The molecule has 0 atom stereocenters. The van der Waals surface area contributed by atoms with Crippen LogP contribution in [-0.2, 0) is 0 Å². The lowest BCUT2D eigenvalue weighted by molar-refractivity contribution is 0.378. The predicted octanol–water partition coefficient (Wildman–Crippen LogP) is 0.229. The number of hydrogen-bond acceptors (Lipinski definition) is 5. The Labute approximate surface area is 111 Å². The minimum absolute atomic E-state index is 0.00899. The van der Waals surface area contributed by atoms with Gasteiger partial charge in [0.15, 0.2) is 5.65 Å². The molecule has 0 amide bonds. The summed E-state index contributed by atoms with van der Waals surface area (Å²) in [6.07, 6.45) is 1.49. The van der Waals surface area contributed by atoms with Crippen molar-refractivity contribution in [1.82, 2.24) is 19.6 Å². The van der Waals surface area contributed by atoms with E-state index >= 15 is 0 Å². The molecule has 2 aromatic rings. The van der Waals surface area contributed by atoms with Crippen LogP contribution in [0.3, 0.4) is 0 Å². The van der Waals surface area contributed by atoms with Gasteiger partial charge in [0.1, 0.15) is 12.1 Å². The van der Waals surface area contributed by atoms with Crippen molar-refractivity contribution in [2.24, 2.45) is 11.1 Å². The molecule has 7 nitrogen and oxygen atoms in total. The fourth-order valence-electron chi connectivity index (χ4n) is 1.91. The van der Waals surface area contributed by atoms with Crippen LogP contribution >= 0.6 is 0 Å². The SMILES string of the molecule is CCN(CC(C)(C)CN)c1cc2n[nH]c(=O)n2cn1. The van der Waals surface area contributed by atoms with Gasteiger partial charge in [-0.05, 0) is 18.9 Å². The van der Waals surface area contributed by atoms with Gasteiger partial charge in [-0.3, -0.25) is 0 Å². The topological polar surface area (TPSA) is 92.3 Å². The Morgan fingerprint density at radius 1 is 1.53 bits per heavy atom. The van der Waals surface area contributed by atoms with E-state index in [2.05, 4.69) is 40.9 Å². The number of rotatable bonds is 5. The number of nitrogens with one attached hydrogen (secondary N) is 1. The molecule has 2 aromatic heterocycles. The third-order valence-corrected chi connectivity index (χ3v) is 3.17. The van der Waals surface area contributed by atoms with Gasteiger partial charge in [-0.15, -0.1) is 0 Å². The van der Waals surface area contributed by atoms with Crippen LogP contribution in [0.5, 0.6) is 0 Å². The number of anilines is 1. The van der Waals surface area contributed by atoms with Crippen LogP contribution < -0.4 is 16.3 Å². The molecule has 19 heavy (non-hydrogen) atoms. The standard InChI is InChI=1S/C12H20N6O/c1-4-17(7-12(2,3)6-13)9-5-10-15-16-11(19)18(10)8-14-9/h5,8H,4,6-7,13H2,1-3H3,(H,16,19). The van der Waals surface area contributed by atoms with E-state index in [9.17, 15) is 4.79 Å². The maximum absolute atomic E-state index is 11.4. The molecule has 0 bridgehead atoms. The zero-order valence-electron chi connectivity index (χ0n) is 11.6. The van der Waals surface area contributed by atoms with Gasteiger partial charge in [0, 0.05) is 19.2 Å². The molecule has 0 aliphatic rings. The zero-order valence-corrected chi connectivity index (χ0v) is 11.6. The number of aromatic amines is 1. The maximum atomic E-state index is 11.4. The van der Waals surface area contributed by atoms with Crippen LogP contribution in [0.1, 0.15) is 20.8 Å². The number of hydrogen-bond donors (Lipinski definition) is 2. The second kappa shape index (κ2) is 5.00. The second-order valence-electron chi connectivity index (χ2n) is 5.39. The molecule has 7 heteroatoms. The monoisotopic (exact) mass is 264 g/mol. The van der Waals surface area contributed by atoms with Crippen LogP contribution in [0.25, 0.3) is 5.65 Å². The minimum atomic E-state index is -0.278. The summed E-state index contributed by atoms with van der Waals surface area (Å²) in [5.74, 6) is 0.801. The number of nitrogens with two attached hydrogens (primary N) is 1. The van der Waals surface area contributed by atoms with Crippen molar-refractivity contribution in [3.05, 3.63) is 22.9 Å². The van der Waals surface area contributed by atoms with Gasteiger partial charge >= 0.3 is 5.69 Å². The quantitative estimate of drug-likeness (QED) is 0.806. The highest BCUT2D eigenvalue weighted by molar-refractivity contribution is 5.50. The van der Waals surface area contributed by atoms with Gasteiger partial charge in [-0.25, -0.2) is 19.3 Å². The van der Waals surface area contributed by atoms with Crippen LogP contribution in [0, 0.1) is 5.41 Å². The maximum Gasteiger partial charge on any atom is 0.348 e. The summed E-state index contributed by atoms with van der Waals surface area (Å²) in [4.78, 5) is 17.8. The molecule has 0 aliphatic heterocycles. The van der Waals surface area contributed by atoms with Crippen LogP contribution in [0.2, 0.25) is 0 Å². The molecule has 0 spiro atoms. The van der Waals surface area contributed by atoms with Crippen molar-refractivity contribution in [2.45, 2.75) is 20.8 Å². The molecular formula is C12H20N6O. The third-order valence-electron chi connectivity index (χ3n) is 3.17. The van der Waals surface area contributed by atoms with Crippen molar-refractivity contribution in [1.29, 1.82) is 0 Å². The van der Waals surface area contributed by atoms with E-state index in [-0.39, 0.29) is 11.1 Å². The molecule has 0 saturated carbocycles. The van der Waals surface area contributed by atoms with Gasteiger partial charge in [0.25, 0.3) is 0 Å². The Kier molecular flexibility index (Phi) is 3.57. The summed E-state index contributed by atoms with van der Waals surface area (Å²) in [7, 11) is 0. The molecular weight excluding hydrogens is 244 g/mol. The summed E-state index contributed by atoms with van der Waals surface area (Å²) >= 11 is 0. The average molecular weight is 264 g/mol. The van der Waals surface area contributed by atoms with E-state index in [1.807, 2.05) is 0 Å². The lowest BCUT2D eigenvalue weighted by atomic mass is 9.93. The first-order chi connectivity index (χ1) is 8.96. The first kappa shape index (κ1) is 13.5. The first-order valence-corrected chi connectivity index (χ1v) is 6.34. The number of nitrogens with zero attached hydrogens (tertiary/aromatic N) is 4. The zero-order chi connectivity index (χ0) is 14.0. The smallest absolute Gasteiger partial charge is 0.348 e. The van der Waals surface area contributed by atoms with Crippen molar-refractivity contribution >= 4 is 11.5 Å². The number of H-pyrrole nitrogens is 1. The average Bonchev–Trinajstić information content (AvgIpc) is 2.77. The van der Waals surface area contributed by atoms with E-state index in [0.29, 0.717) is 12.2 Å². The highest BCUT2D eigenvalue weighted by Crippen LogP contribution is 2.19. The number of fused-ring (bicyclic) bond motifs is 1. The predicted molar refractivity (Wildman–Crippen MR) is 74.3 cm³/mol. The van der Waals surface area contributed by atoms with Gasteiger partial charge in [-0.2, -0.15) is 5.10 Å². The Bertz CT molecular complexity index is 614. The Morgan fingerprint density at radius 2 is 2.26 bits per heavy atom. The molecule has 104 valence electrons. The molecule has 0 unspecified atom stereocenters. The first-order valence-electron chi connectivity index (χ1n) is 6.34. The van der Waals surface area contributed by atoms with Crippen molar-refractivity contribution in [3.8, 4) is 0 Å². The lowest BCUT2D eigenvalue weighted by Gasteiger charge is -2.31. The molecule has 3 N–H and O–H groups in total. The summed E-state index contributed by atoms with van der Waals surface area (Å²) in [6.45, 7) is 8.53. The molecule has 0 aromatic carbocycles. The fraction of sp³-hybridized carbons (Fsp3) is 0.583. The second-order valence-corrected chi connectivity index (χ2v) is 5.39. The van der Waals surface area contributed by atoms with Crippen LogP contribution in [0.15, 0.2) is 17.2 Å². The molecule has 0 fully saturated rings. The highest BCUT2D eigenvalue weighted by atomic mass is 16.1. The van der Waals surface area contributed by atoms with E-state index in [0.717, 1.165) is 18.9 Å². The van der Waals surface area contributed by atoms with Crippen molar-refractivity contribution in [3.63, 3.8) is 0 Å². The van der Waals surface area contributed by atoms with Gasteiger partial charge in [0.05, 0.1) is 0 Å². The normalized spacial score (nSPS) is 12.0. The van der Waals surface area contributed by atoms with Gasteiger partial charge in [0.2, 0.25) is 0 Å².